The van der Waals surface area contributed by atoms with Gasteiger partial charge in [-0.15, -0.1) is 0 Å². The molecule has 0 heterocycles. The molecule has 0 aliphatic heterocycles. The van der Waals surface area contributed by atoms with E-state index in [1.54, 1.807) is 0 Å². The summed E-state index contributed by atoms with van der Waals surface area (Å²) in [6.45, 7) is 5.40. The standard InChI is InChI=1S/C20H31NO4/c1-3-24-19(22)14-9-11-17(2)10-7-8-15-21-20(23)25-16-18-12-5-4-6-13-18/h4-6,12-13,17H,3,7-11,14-16H2,1-2H3,(H,21,23)/t17-/m0/s1. The summed E-state index contributed by atoms with van der Waals surface area (Å²) in [5.41, 5.74) is 0.981. The number of hydrogen-bond donors (Lipinski definition) is 1. The summed E-state index contributed by atoms with van der Waals surface area (Å²) in [5.74, 6) is 0.479. The first-order chi connectivity index (χ1) is 12.1. The zero-order valence-electron chi connectivity index (χ0n) is 15.5. The van der Waals surface area contributed by atoms with Crippen molar-refractivity contribution in [3.8, 4) is 0 Å². The molecule has 0 bridgehead atoms. The molecule has 0 saturated heterocycles. The third kappa shape index (κ3) is 11.2. The van der Waals surface area contributed by atoms with E-state index in [-0.39, 0.29) is 12.1 Å². The van der Waals surface area contributed by atoms with Crippen LogP contribution in [0.15, 0.2) is 30.3 Å². The van der Waals surface area contributed by atoms with Crippen LogP contribution < -0.4 is 5.32 Å². The maximum absolute atomic E-state index is 11.6. The zero-order chi connectivity index (χ0) is 18.3. The van der Waals surface area contributed by atoms with E-state index in [0.717, 1.165) is 37.7 Å². The Morgan fingerprint density at radius 2 is 1.76 bits per heavy atom. The quantitative estimate of drug-likeness (QED) is 0.447. The van der Waals surface area contributed by atoms with Crippen LogP contribution in [0.4, 0.5) is 4.79 Å². The molecule has 140 valence electrons. The lowest BCUT2D eigenvalue weighted by Crippen LogP contribution is -2.25. The Labute approximate surface area is 151 Å². The molecular formula is C20H31NO4. The first-order valence-corrected chi connectivity index (χ1v) is 9.22. The normalized spacial score (nSPS) is 11.6. The average Bonchev–Trinajstić information content (AvgIpc) is 2.61. The number of esters is 1. The van der Waals surface area contributed by atoms with Crippen molar-refractivity contribution in [1.82, 2.24) is 5.32 Å². The Hall–Kier alpha value is -2.04. The van der Waals surface area contributed by atoms with Crippen molar-refractivity contribution in [3.05, 3.63) is 35.9 Å². The van der Waals surface area contributed by atoms with Crippen LogP contribution >= 0.6 is 0 Å². The summed E-state index contributed by atoms with van der Waals surface area (Å²) in [5, 5.41) is 2.78. The lowest BCUT2D eigenvalue weighted by molar-refractivity contribution is -0.143. The van der Waals surface area contributed by atoms with Gasteiger partial charge in [-0.1, -0.05) is 56.5 Å². The second-order valence-corrected chi connectivity index (χ2v) is 6.29. The van der Waals surface area contributed by atoms with Crippen molar-refractivity contribution in [1.29, 1.82) is 0 Å². The molecule has 0 spiro atoms. The van der Waals surface area contributed by atoms with Crippen LogP contribution in [0.3, 0.4) is 0 Å². The van der Waals surface area contributed by atoms with E-state index in [1.807, 2.05) is 37.3 Å². The van der Waals surface area contributed by atoms with Crippen LogP contribution in [0.25, 0.3) is 0 Å². The van der Waals surface area contributed by atoms with Crippen LogP contribution in [0.5, 0.6) is 0 Å². The fourth-order valence-electron chi connectivity index (χ4n) is 2.55. The fourth-order valence-corrected chi connectivity index (χ4v) is 2.55. The van der Waals surface area contributed by atoms with E-state index in [0.29, 0.717) is 32.1 Å². The van der Waals surface area contributed by atoms with Gasteiger partial charge < -0.3 is 14.8 Å². The number of amides is 1. The monoisotopic (exact) mass is 349 g/mol. The lowest BCUT2D eigenvalue weighted by atomic mass is 9.98. The van der Waals surface area contributed by atoms with Crippen LogP contribution in [-0.2, 0) is 20.9 Å². The van der Waals surface area contributed by atoms with E-state index >= 15 is 0 Å². The largest absolute Gasteiger partial charge is 0.466 e. The Morgan fingerprint density at radius 3 is 2.48 bits per heavy atom. The Morgan fingerprint density at radius 1 is 1.04 bits per heavy atom. The highest BCUT2D eigenvalue weighted by Crippen LogP contribution is 2.15. The Balaban J connectivity index is 1.96. The van der Waals surface area contributed by atoms with Gasteiger partial charge in [0.2, 0.25) is 0 Å². The third-order valence-electron chi connectivity index (χ3n) is 3.99. The molecular weight excluding hydrogens is 318 g/mol. The van der Waals surface area contributed by atoms with Crippen molar-refractivity contribution < 1.29 is 19.1 Å². The highest BCUT2D eigenvalue weighted by Gasteiger charge is 2.06. The van der Waals surface area contributed by atoms with Gasteiger partial charge in [0.05, 0.1) is 6.61 Å². The third-order valence-corrected chi connectivity index (χ3v) is 3.99. The number of carbonyl (C=O) groups is 2. The minimum Gasteiger partial charge on any atom is -0.466 e. The van der Waals surface area contributed by atoms with Crippen molar-refractivity contribution >= 4 is 12.1 Å². The summed E-state index contributed by atoms with van der Waals surface area (Å²) in [7, 11) is 0. The maximum Gasteiger partial charge on any atom is 0.407 e. The highest BCUT2D eigenvalue weighted by molar-refractivity contribution is 5.69. The number of unbranched alkanes of at least 4 members (excludes halogenated alkanes) is 1. The molecule has 1 N–H and O–H groups in total. The first-order valence-electron chi connectivity index (χ1n) is 9.22. The van der Waals surface area contributed by atoms with Crippen molar-refractivity contribution in [3.63, 3.8) is 0 Å². The molecule has 1 rings (SSSR count). The zero-order valence-corrected chi connectivity index (χ0v) is 15.5. The van der Waals surface area contributed by atoms with Crippen molar-refractivity contribution in [2.75, 3.05) is 13.2 Å². The summed E-state index contributed by atoms with van der Waals surface area (Å²) < 4.78 is 10.1. The van der Waals surface area contributed by atoms with Gasteiger partial charge >= 0.3 is 12.1 Å². The number of alkyl carbamates (subject to hydrolysis) is 1. The number of hydrogen-bond acceptors (Lipinski definition) is 4. The second kappa shape index (κ2) is 13.3. The molecule has 5 heteroatoms. The predicted octanol–water partition coefficient (Wildman–Crippen LogP) is 4.45. The Kier molecular flexibility index (Phi) is 11.2. The minimum atomic E-state index is -0.369. The SMILES string of the molecule is CCOC(=O)CCC[C@@H](C)CCCCNC(=O)OCc1ccccc1. The molecule has 1 aromatic rings. The molecule has 1 amide bonds. The van der Waals surface area contributed by atoms with E-state index in [9.17, 15) is 9.59 Å². The molecule has 0 fully saturated rings. The fraction of sp³-hybridized carbons (Fsp3) is 0.600. The van der Waals surface area contributed by atoms with Gasteiger partial charge in [-0.2, -0.15) is 0 Å². The van der Waals surface area contributed by atoms with Gasteiger partial charge in [-0.3, -0.25) is 4.79 Å². The van der Waals surface area contributed by atoms with Crippen molar-refractivity contribution in [2.24, 2.45) is 5.92 Å². The highest BCUT2D eigenvalue weighted by atomic mass is 16.5. The molecule has 1 atom stereocenters. The maximum atomic E-state index is 11.6. The molecule has 1 aromatic carbocycles. The van der Waals surface area contributed by atoms with Gasteiger partial charge in [-0.25, -0.2) is 4.79 Å². The molecule has 0 aliphatic carbocycles. The smallest absolute Gasteiger partial charge is 0.407 e. The van der Waals surface area contributed by atoms with Gasteiger partial charge in [0.15, 0.2) is 0 Å². The second-order valence-electron chi connectivity index (χ2n) is 6.29. The van der Waals surface area contributed by atoms with Gasteiger partial charge in [-0.05, 0) is 31.2 Å². The van der Waals surface area contributed by atoms with E-state index < -0.39 is 0 Å². The van der Waals surface area contributed by atoms with E-state index in [4.69, 9.17) is 9.47 Å². The first kappa shape index (κ1) is 21.0. The molecule has 0 saturated carbocycles. The molecule has 25 heavy (non-hydrogen) atoms. The predicted molar refractivity (Wildman–Crippen MR) is 98.1 cm³/mol. The summed E-state index contributed by atoms with van der Waals surface area (Å²) in [6.07, 6.45) is 5.14. The molecule has 5 nitrogen and oxygen atoms in total. The number of ether oxygens (including phenoxy) is 2. The average molecular weight is 349 g/mol. The Bertz CT molecular complexity index is 490. The van der Waals surface area contributed by atoms with Gasteiger partial charge in [0.25, 0.3) is 0 Å². The molecule has 0 aromatic heterocycles. The van der Waals surface area contributed by atoms with E-state index in [2.05, 4.69) is 12.2 Å². The van der Waals surface area contributed by atoms with Crippen LogP contribution in [0, 0.1) is 5.92 Å². The number of rotatable bonds is 12. The summed E-state index contributed by atoms with van der Waals surface area (Å²) in [6, 6.07) is 9.63. The molecule has 0 aliphatic rings. The van der Waals surface area contributed by atoms with Crippen LogP contribution in [0.2, 0.25) is 0 Å². The molecule has 0 radical (unpaired) electrons. The van der Waals surface area contributed by atoms with Gasteiger partial charge in [0.1, 0.15) is 6.61 Å². The lowest BCUT2D eigenvalue weighted by Gasteiger charge is -2.11. The summed E-state index contributed by atoms with van der Waals surface area (Å²) in [4.78, 5) is 22.9. The van der Waals surface area contributed by atoms with Crippen LogP contribution in [-0.4, -0.2) is 25.2 Å². The van der Waals surface area contributed by atoms with Crippen LogP contribution in [0.1, 0.15) is 57.9 Å². The van der Waals surface area contributed by atoms with Crippen molar-refractivity contribution in [2.45, 2.75) is 59.0 Å². The number of nitrogens with one attached hydrogen (secondary N) is 1. The minimum absolute atomic E-state index is 0.104. The molecule has 0 unspecified atom stereocenters. The van der Waals surface area contributed by atoms with E-state index in [1.165, 1.54) is 0 Å². The number of benzene rings is 1. The van der Waals surface area contributed by atoms with Gasteiger partial charge in [0, 0.05) is 13.0 Å². The number of carbonyl (C=O) groups excluding carboxylic acids is 2. The topological polar surface area (TPSA) is 64.6 Å². The summed E-state index contributed by atoms with van der Waals surface area (Å²) >= 11 is 0.